The van der Waals surface area contributed by atoms with Crippen LogP contribution in [-0.4, -0.2) is 36.9 Å². The second-order valence-electron chi connectivity index (χ2n) is 4.22. The molecule has 1 amide bonds. The summed E-state index contributed by atoms with van der Waals surface area (Å²) in [4.78, 5) is 10.6. The van der Waals surface area contributed by atoms with Gasteiger partial charge in [-0.15, -0.1) is 0 Å². The van der Waals surface area contributed by atoms with Crippen molar-refractivity contribution in [2.45, 2.75) is 31.2 Å². The second-order valence-corrected chi connectivity index (χ2v) is 4.99. The molecule has 0 aromatic rings. The number of rotatable bonds is 4. The van der Waals surface area contributed by atoms with Crippen LogP contribution in [0.15, 0.2) is 0 Å². The highest BCUT2D eigenvalue weighted by molar-refractivity contribution is 7.18. The van der Waals surface area contributed by atoms with E-state index in [1.54, 1.807) is 0 Å². The van der Waals surface area contributed by atoms with Gasteiger partial charge in [-0.05, 0) is 18.9 Å². The zero-order valence-corrected chi connectivity index (χ0v) is 10.2. The minimum absolute atomic E-state index is 0.237. The number of piperidine rings is 1. The summed E-state index contributed by atoms with van der Waals surface area (Å²) in [6.07, 6.45) is -0.196. The molecule has 1 fully saturated rings. The van der Waals surface area contributed by atoms with Crippen LogP contribution in [0.5, 0.6) is 0 Å². The van der Waals surface area contributed by atoms with Crippen LogP contribution >= 0.6 is 9.24 Å². The van der Waals surface area contributed by atoms with Crippen LogP contribution in [0.25, 0.3) is 0 Å². The number of hydrogen-bond donors (Lipinski definition) is 2. The smallest absolute Gasteiger partial charge is 0.276 e. The van der Waals surface area contributed by atoms with E-state index in [1.165, 1.54) is 9.24 Å². The number of hydrogen-bond acceptors (Lipinski definition) is 3. The van der Waals surface area contributed by atoms with Gasteiger partial charge >= 0.3 is 0 Å². The van der Waals surface area contributed by atoms with Gasteiger partial charge in [-0.1, -0.05) is 16.2 Å². The van der Waals surface area contributed by atoms with Crippen molar-refractivity contribution in [3.8, 4) is 0 Å². The summed E-state index contributed by atoms with van der Waals surface area (Å²) in [5.74, 6) is -0.412. The Morgan fingerprint density at radius 3 is 2.81 bits per heavy atom. The summed E-state index contributed by atoms with van der Waals surface area (Å²) in [5, 5.41) is 2.73. The highest BCUT2D eigenvalue weighted by Gasteiger charge is 2.43. The van der Waals surface area contributed by atoms with Crippen molar-refractivity contribution in [2.24, 2.45) is 11.7 Å². The third-order valence-corrected chi connectivity index (χ3v) is 2.91. The van der Waals surface area contributed by atoms with Gasteiger partial charge in [0.2, 0.25) is 5.91 Å². The molecular weight excluding hydrogens is 237 g/mol. The van der Waals surface area contributed by atoms with E-state index in [2.05, 4.69) is 5.32 Å². The number of carbonyl (C=O) groups is 1. The number of nitrogens with two attached hydrogens (primary N) is 1. The van der Waals surface area contributed by atoms with Gasteiger partial charge in [-0.25, -0.2) is 8.78 Å². The maximum atomic E-state index is 13.2. The molecule has 16 heavy (non-hydrogen) atoms. The van der Waals surface area contributed by atoms with Crippen LogP contribution in [0.4, 0.5) is 8.78 Å². The van der Waals surface area contributed by atoms with Crippen molar-refractivity contribution in [2.75, 3.05) is 13.2 Å². The van der Waals surface area contributed by atoms with Gasteiger partial charge in [-0.3, -0.25) is 4.79 Å². The maximum absolute atomic E-state index is 13.2. The van der Waals surface area contributed by atoms with Crippen LogP contribution in [0.1, 0.15) is 13.3 Å². The normalized spacial score (nSPS) is 31.4. The van der Waals surface area contributed by atoms with Crippen molar-refractivity contribution in [3.05, 3.63) is 0 Å². The molecule has 1 rings (SSSR count). The fraction of sp³-hybridized carbons (Fsp3) is 0.889. The summed E-state index contributed by atoms with van der Waals surface area (Å²) in [6.45, 7) is 2.13. The Hall–Kier alpha value is -0.320. The van der Waals surface area contributed by atoms with E-state index in [0.29, 0.717) is 13.0 Å². The van der Waals surface area contributed by atoms with Crippen molar-refractivity contribution in [1.29, 1.82) is 0 Å². The first-order valence-corrected chi connectivity index (χ1v) is 5.68. The third kappa shape index (κ3) is 3.92. The average Bonchev–Trinajstić information content (AvgIpc) is 2.12. The van der Waals surface area contributed by atoms with Crippen LogP contribution in [-0.2, 0) is 9.53 Å². The predicted octanol–water partition coefficient (Wildman–Crippen LogP) is 0.323. The van der Waals surface area contributed by atoms with Gasteiger partial charge in [0.25, 0.3) is 5.66 Å². The lowest BCUT2D eigenvalue weighted by Gasteiger charge is -2.38. The van der Waals surface area contributed by atoms with E-state index in [4.69, 9.17) is 10.5 Å². The Labute approximate surface area is 95.5 Å². The van der Waals surface area contributed by atoms with E-state index < -0.39 is 23.7 Å². The molecule has 0 saturated carbocycles. The first kappa shape index (κ1) is 13.7. The lowest BCUT2D eigenvalue weighted by molar-refractivity contribution is -0.129. The van der Waals surface area contributed by atoms with Gasteiger partial charge in [0, 0.05) is 0 Å². The molecule has 4 atom stereocenters. The molecule has 94 valence electrons. The van der Waals surface area contributed by atoms with Gasteiger partial charge < -0.3 is 15.8 Å². The number of carbonyl (C=O) groups excluding carboxylic acids is 1. The molecule has 1 aliphatic heterocycles. The summed E-state index contributed by atoms with van der Waals surface area (Å²) >= 11 is 0. The van der Waals surface area contributed by atoms with Crippen molar-refractivity contribution in [1.82, 2.24) is 5.32 Å². The number of nitrogens with one attached hydrogen (secondary N) is 1. The molecule has 4 nitrogen and oxygen atoms in total. The Kier molecular flexibility index (Phi) is 4.59. The van der Waals surface area contributed by atoms with Crippen molar-refractivity contribution < 1.29 is 18.3 Å². The fourth-order valence-corrected chi connectivity index (χ4v) is 2.15. The fourth-order valence-electron chi connectivity index (χ4n) is 1.81. The molecule has 1 aliphatic rings. The van der Waals surface area contributed by atoms with Crippen LogP contribution in [0.2, 0.25) is 0 Å². The molecular formula is C9H17F2N2O2P. The van der Waals surface area contributed by atoms with Gasteiger partial charge in [0.05, 0.1) is 6.10 Å². The number of alkyl halides is 2. The maximum Gasteiger partial charge on any atom is 0.276 e. The Morgan fingerprint density at radius 2 is 2.31 bits per heavy atom. The zero-order chi connectivity index (χ0) is 12.3. The molecule has 0 radical (unpaired) electrons. The molecule has 3 N–H and O–H groups in total. The number of primary amides is 1. The van der Waals surface area contributed by atoms with Gasteiger partial charge in [0.1, 0.15) is 12.6 Å². The van der Waals surface area contributed by atoms with Crippen LogP contribution < -0.4 is 11.1 Å². The Bertz CT molecular complexity index is 260. The van der Waals surface area contributed by atoms with Crippen LogP contribution in [0, 0.1) is 5.92 Å². The van der Waals surface area contributed by atoms with Crippen molar-refractivity contribution >= 4 is 15.1 Å². The summed E-state index contributed by atoms with van der Waals surface area (Å²) in [5.41, 5.74) is 1.97. The van der Waals surface area contributed by atoms with E-state index in [1.807, 2.05) is 6.92 Å². The average molecular weight is 254 g/mol. The molecule has 7 heteroatoms. The molecule has 1 saturated heterocycles. The lowest BCUT2D eigenvalue weighted by Crippen LogP contribution is -2.56. The van der Waals surface area contributed by atoms with E-state index in [-0.39, 0.29) is 12.5 Å². The van der Waals surface area contributed by atoms with Gasteiger partial charge in [-0.2, -0.15) is 0 Å². The summed E-state index contributed by atoms with van der Waals surface area (Å²) < 4.78 is 31.6. The van der Waals surface area contributed by atoms with E-state index >= 15 is 0 Å². The molecule has 0 bridgehead atoms. The summed E-state index contributed by atoms with van der Waals surface area (Å²) in [7, 11) is 1.50. The standard InChI is InChI=1S/C9H17F2N2O2P/c1-5-2-6(15-4-7(12)14)8(13-3-5)9(10,11)16/h5-6,8,13H,2-4,16H2,1H3,(H2,12,14). The monoisotopic (exact) mass is 254 g/mol. The van der Waals surface area contributed by atoms with Crippen molar-refractivity contribution in [3.63, 3.8) is 0 Å². The lowest BCUT2D eigenvalue weighted by atomic mass is 9.93. The molecule has 0 aliphatic carbocycles. The Morgan fingerprint density at radius 1 is 1.69 bits per heavy atom. The highest BCUT2D eigenvalue weighted by Crippen LogP contribution is 2.33. The number of halogens is 2. The number of ether oxygens (including phenoxy) is 1. The minimum atomic E-state index is -2.96. The van der Waals surface area contributed by atoms with Gasteiger partial charge in [0.15, 0.2) is 0 Å². The predicted molar refractivity (Wildman–Crippen MR) is 59.2 cm³/mol. The summed E-state index contributed by atoms with van der Waals surface area (Å²) in [6, 6.07) is -1.09. The first-order valence-electron chi connectivity index (χ1n) is 5.10. The SMILES string of the molecule is CC1CNC(C(F)(F)P)C(OCC(N)=O)C1. The largest absolute Gasteiger partial charge is 0.368 e. The minimum Gasteiger partial charge on any atom is -0.368 e. The quantitative estimate of drug-likeness (QED) is 0.710. The number of amides is 1. The second kappa shape index (κ2) is 5.34. The topological polar surface area (TPSA) is 64.3 Å². The first-order chi connectivity index (χ1) is 7.30. The Balaban J connectivity index is 2.62. The highest BCUT2D eigenvalue weighted by atomic mass is 31.0. The molecule has 0 aromatic carbocycles. The van der Waals surface area contributed by atoms with Crippen LogP contribution in [0.3, 0.4) is 0 Å². The zero-order valence-electron chi connectivity index (χ0n) is 9.08. The molecule has 0 aromatic heterocycles. The van der Waals surface area contributed by atoms with E-state index in [0.717, 1.165) is 0 Å². The molecule has 1 heterocycles. The van der Waals surface area contributed by atoms with E-state index in [9.17, 15) is 13.6 Å². The third-order valence-electron chi connectivity index (χ3n) is 2.55. The molecule has 0 spiro atoms. The molecule has 4 unspecified atom stereocenters.